The number of hydrogen-bond acceptors (Lipinski definition) is 4. The first kappa shape index (κ1) is 15.4. The molecule has 0 radical (unpaired) electrons. The molecule has 2 N–H and O–H groups in total. The highest BCUT2D eigenvalue weighted by molar-refractivity contribution is 5.38. The maximum absolute atomic E-state index is 9.83. The Kier molecular flexibility index (Phi) is 4.58. The summed E-state index contributed by atoms with van der Waals surface area (Å²) < 4.78 is 0. The molecule has 4 heteroatoms. The van der Waals surface area contributed by atoms with Gasteiger partial charge in [0.25, 0.3) is 0 Å². The third-order valence-electron chi connectivity index (χ3n) is 3.58. The highest BCUT2D eigenvalue weighted by atomic mass is 16.3. The van der Waals surface area contributed by atoms with Crippen molar-refractivity contribution in [2.45, 2.75) is 39.2 Å². The van der Waals surface area contributed by atoms with Crippen LogP contribution >= 0.6 is 0 Å². The topological polar surface area (TPSA) is 58.0 Å². The summed E-state index contributed by atoms with van der Waals surface area (Å²) in [6, 6.07) is 11.9. The van der Waals surface area contributed by atoms with Gasteiger partial charge in [-0.05, 0) is 31.4 Å². The van der Waals surface area contributed by atoms with Crippen LogP contribution in [-0.2, 0) is 5.54 Å². The van der Waals surface area contributed by atoms with Crippen LogP contribution < -0.4 is 5.32 Å². The van der Waals surface area contributed by atoms with Gasteiger partial charge >= 0.3 is 0 Å². The van der Waals surface area contributed by atoms with E-state index in [1.165, 1.54) is 0 Å². The molecule has 0 saturated carbocycles. The lowest BCUT2D eigenvalue weighted by Gasteiger charge is -2.29. The summed E-state index contributed by atoms with van der Waals surface area (Å²) in [7, 11) is 0. The number of aryl methyl sites for hydroxylation is 1. The summed E-state index contributed by atoms with van der Waals surface area (Å²) in [6.07, 6.45) is 0. The number of aromatic nitrogens is 2. The molecular formula is C17H23N3O. The molecule has 1 atom stereocenters. The normalized spacial score (nSPS) is 14.0. The Hall–Kier alpha value is -1.94. The fourth-order valence-electron chi connectivity index (χ4n) is 2.20. The molecular weight excluding hydrogens is 262 g/mol. The van der Waals surface area contributed by atoms with Gasteiger partial charge in [-0.3, -0.25) is 0 Å². The molecule has 0 fully saturated rings. The number of rotatable bonds is 5. The molecule has 21 heavy (non-hydrogen) atoms. The van der Waals surface area contributed by atoms with Crippen LogP contribution in [0.2, 0.25) is 0 Å². The van der Waals surface area contributed by atoms with Gasteiger partial charge in [-0.1, -0.05) is 44.2 Å². The van der Waals surface area contributed by atoms with Gasteiger partial charge in [0.2, 0.25) is 5.95 Å². The van der Waals surface area contributed by atoms with Gasteiger partial charge in [0.05, 0.1) is 12.1 Å². The first-order chi connectivity index (χ1) is 9.94. The Bertz CT molecular complexity index is 598. The second-order valence-electron chi connectivity index (χ2n) is 5.89. The Labute approximate surface area is 126 Å². The second-order valence-corrected chi connectivity index (χ2v) is 5.89. The summed E-state index contributed by atoms with van der Waals surface area (Å²) in [5, 5.41) is 13.1. The van der Waals surface area contributed by atoms with E-state index in [0.717, 1.165) is 17.0 Å². The van der Waals surface area contributed by atoms with Crippen LogP contribution in [-0.4, -0.2) is 21.7 Å². The Morgan fingerprint density at radius 1 is 1.19 bits per heavy atom. The molecule has 0 bridgehead atoms. The van der Waals surface area contributed by atoms with Crippen molar-refractivity contribution in [2.24, 2.45) is 0 Å². The van der Waals surface area contributed by atoms with Gasteiger partial charge in [-0.2, -0.15) is 0 Å². The molecule has 1 aromatic heterocycles. The number of anilines is 1. The zero-order chi connectivity index (χ0) is 15.5. The van der Waals surface area contributed by atoms with Crippen molar-refractivity contribution < 1.29 is 5.11 Å². The molecule has 4 nitrogen and oxygen atoms in total. The number of hydrogen-bond donors (Lipinski definition) is 2. The van der Waals surface area contributed by atoms with Crippen LogP contribution in [0.1, 0.15) is 43.6 Å². The fraction of sp³-hybridized carbons (Fsp3) is 0.412. The summed E-state index contributed by atoms with van der Waals surface area (Å²) in [4.78, 5) is 9.00. The number of nitrogens with one attached hydrogen (secondary N) is 1. The Morgan fingerprint density at radius 3 is 2.43 bits per heavy atom. The molecule has 112 valence electrons. The van der Waals surface area contributed by atoms with Crippen LogP contribution in [0.4, 0.5) is 5.95 Å². The van der Waals surface area contributed by atoms with E-state index >= 15 is 0 Å². The summed E-state index contributed by atoms with van der Waals surface area (Å²) in [5.74, 6) is 0.892. The van der Waals surface area contributed by atoms with Crippen LogP contribution in [0, 0.1) is 6.92 Å². The predicted molar refractivity (Wildman–Crippen MR) is 85.4 cm³/mol. The molecule has 0 aliphatic heterocycles. The molecule has 0 saturated heterocycles. The quantitative estimate of drug-likeness (QED) is 0.885. The maximum Gasteiger partial charge on any atom is 0.223 e. The molecule has 0 amide bonds. The van der Waals surface area contributed by atoms with Crippen LogP contribution in [0.25, 0.3) is 0 Å². The number of aliphatic hydroxyl groups excluding tert-OH is 1. The molecule has 2 aromatic rings. The van der Waals surface area contributed by atoms with E-state index in [-0.39, 0.29) is 6.61 Å². The van der Waals surface area contributed by atoms with Gasteiger partial charge in [-0.25, -0.2) is 9.97 Å². The van der Waals surface area contributed by atoms with Crippen molar-refractivity contribution in [1.82, 2.24) is 9.97 Å². The highest BCUT2D eigenvalue weighted by Gasteiger charge is 2.26. The van der Waals surface area contributed by atoms with E-state index in [9.17, 15) is 5.11 Å². The summed E-state index contributed by atoms with van der Waals surface area (Å²) in [5.41, 5.74) is 2.31. The Balaban J connectivity index is 2.35. The SMILES string of the molecule is Cc1cc(C(C)C)nc(NC(C)(CO)c2ccccc2)n1. The summed E-state index contributed by atoms with van der Waals surface area (Å²) in [6.45, 7) is 8.08. The first-order valence-electron chi connectivity index (χ1n) is 7.25. The standard InChI is InChI=1S/C17H23N3O/c1-12(2)15-10-13(3)18-16(19-15)20-17(4,11-21)14-8-6-5-7-9-14/h5-10,12,21H,11H2,1-4H3,(H,18,19,20). The van der Waals surface area contributed by atoms with Gasteiger partial charge in [0, 0.05) is 11.4 Å². The second kappa shape index (κ2) is 6.22. The van der Waals surface area contributed by atoms with E-state index < -0.39 is 5.54 Å². The van der Waals surface area contributed by atoms with Crippen molar-refractivity contribution in [3.05, 3.63) is 53.3 Å². The van der Waals surface area contributed by atoms with Crippen LogP contribution in [0.5, 0.6) is 0 Å². The Morgan fingerprint density at radius 2 is 1.86 bits per heavy atom. The summed E-state index contributed by atoms with van der Waals surface area (Å²) >= 11 is 0. The number of nitrogens with zero attached hydrogens (tertiary/aromatic N) is 2. The van der Waals surface area contributed by atoms with Crippen molar-refractivity contribution in [2.75, 3.05) is 11.9 Å². The van der Waals surface area contributed by atoms with Crippen LogP contribution in [0.3, 0.4) is 0 Å². The molecule has 2 rings (SSSR count). The van der Waals surface area contributed by atoms with Crippen molar-refractivity contribution in [3.8, 4) is 0 Å². The van der Waals surface area contributed by atoms with E-state index in [0.29, 0.717) is 11.9 Å². The molecule has 0 aliphatic rings. The van der Waals surface area contributed by atoms with Crippen LogP contribution in [0.15, 0.2) is 36.4 Å². The zero-order valence-corrected chi connectivity index (χ0v) is 13.1. The minimum Gasteiger partial charge on any atom is -0.394 e. The van der Waals surface area contributed by atoms with Gasteiger partial charge in [0.1, 0.15) is 0 Å². The van der Waals surface area contributed by atoms with Crippen molar-refractivity contribution in [1.29, 1.82) is 0 Å². The van der Waals surface area contributed by atoms with E-state index in [2.05, 4.69) is 29.1 Å². The number of benzene rings is 1. The first-order valence-corrected chi connectivity index (χ1v) is 7.25. The monoisotopic (exact) mass is 285 g/mol. The van der Waals surface area contributed by atoms with Crippen molar-refractivity contribution >= 4 is 5.95 Å². The molecule has 0 spiro atoms. The average molecular weight is 285 g/mol. The maximum atomic E-state index is 9.83. The fourth-order valence-corrected chi connectivity index (χ4v) is 2.20. The van der Waals surface area contributed by atoms with E-state index in [1.54, 1.807) is 0 Å². The molecule has 1 aromatic carbocycles. The third kappa shape index (κ3) is 3.58. The molecule has 1 unspecified atom stereocenters. The van der Waals surface area contributed by atoms with Gasteiger partial charge in [0.15, 0.2) is 0 Å². The van der Waals surface area contributed by atoms with Crippen molar-refractivity contribution in [3.63, 3.8) is 0 Å². The average Bonchev–Trinajstić information content (AvgIpc) is 2.47. The van der Waals surface area contributed by atoms with Gasteiger partial charge in [-0.15, -0.1) is 0 Å². The van der Waals surface area contributed by atoms with E-state index in [4.69, 9.17) is 0 Å². The molecule has 0 aliphatic carbocycles. The highest BCUT2D eigenvalue weighted by Crippen LogP contribution is 2.25. The lowest BCUT2D eigenvalue weighted by Crippen LogP contribution is -2.36. The molecule has 1 heterocycles. The minimum absolute atomic E-state index is 0.0364. The van der Waals surface area contributed by atoms with Gasteiger partial charge < -0.3 is 10.4 Å². The lowest BCUT2D eigenvalue weighted by atomic mass is 9.93. The lowest BCUT2D eigenvalue weighted by molar-refractivity contribution is 0.223. The third-order valence-corrected chi connectivity index (χ3v) is 3.58. The zero-order valence-electron chi connectivity index (χ0n) is 13.1. The number of aliphatic hydroxyl groups is 1. The largest absolute Gasteiger partial charge is 0.394 e. The minimum atomic E-state index is -0.608. The smallest absolute Gasteiger partial charge is 0.223 e. The predicted octanol–water partition coefficient (Wildman–Crippen LogP) is 3.23. The van der Waals surface area contributed by atoms with E-state index in [1.807, 2.05) is 50.2 Å².